The van der Waals surface area contributed by atoms with Crippen molar-refractivity contribution in [1.82, 2.24) is 0 Å². The molecule has 0 saturated heterocycles. The van der Waals surface area contributed by atoms with E-state index in [1.54, 1.807) is 30.3 Å². The van der Waals surface area contributed by atoms with Gasteiger partial charge in [-0.1, -0.05) is 24.3 Å². The monoisotopic (exact) mass is 336 g/mol. The molecular formula is C19H16N2O4. The number of nitrogens with zero attached hydrogens (tertiary/aromatic N) is 2. The highest BCUT2D eigenvalue weighted by molar-refractivity contribution is 5.96. The fraction of sp³-hybridized carbons (Fsp3) is 0.263. The highest BCUT2D eigenvalue weighted by Crippen LogP contribution is 2.53. The Hall–Kier alpha value is -3.02. The van der Waals surface area contributed by atoms with Crippen LogP contribution in [-0.2, 0) is 0 Å². The summed E-state index contributed by atoms with van der Waals surface area (Å²) in [5.41, 5.74) is 1.10. The molecular weight excluding hydrogens is 320 g/mol. The first kappa shape index (κ1) is 15.5. The molecule has 0 radical (unpaired) electrons. The first-order chi connectivity index (χ1) is 12.1. The molecule has 0 unspecified atom stereocenters. The molecule has 0 spiro atoms. The highest BCUT2D eigenvalue weighted by atomic mass is 16.6. The topological polar surface area (TPSA) is 87.2 Å². The molecule has 2 aliphatic rings. The van der Waals surface area contributed by atoms with Gasteiger partial charge >= 0.3 is 0 Å². The van der Waals surface area contributed by atoms with Crippen LogP contribution in [0.1, 0.15) is 28.4 Å². The van der Waals surface area contributed by atoms with E-state index in [1.807, 2.05) is 0 Å². The van der Waals surface area contributed by atoms with Crippen LogP contribution < -0.4 is 4.73 Å². The normalized spacial score (nSPS) is 26.7. The number of ketones is 1. The molecule has 1 fully saturated rings. The molecule has 4 rings (SSSR count). The van der Waals surface area contributed by atoms with Crippen LogP contribution in [0.3, 0.4) is 0 Å². The lowest BCUT2D eigenvalue weighted by atomic mass is 9.75. The molecule has 1 aromatic heterocycles. The summed E-state index contributed by atoms with van der Waals surface area (Å²) in [6.45, 7) is 0. The zero-order valence-electron chi connectivity index (χ0n) is 13.3. The third kappa shape index (κ3) is 2.50. The second kappa shape index (κ2) is 5.81. The molecule has 4 atom stereocenters. The van der Waals surface area contributed by atoms with E-state index < -0.39 is 4.92 Å². The van der Waals surface area contributed by atoms with Crippen molar-refractivity contribution in [3.05, 3.63) is 87.4 Å². The number of hydrogen-bond acceptors (Lipinski definition) is 4. The molecule has 0 aliphatic heterocycles. The molecule has 0 N–H and O–H groups in total. The van der Waals surface area contributed by atoms with Gasteiger partial charge in [-0.3, -0.25) is 14.9 Å². The molecule has 6 heteroatoms. The molecule has 2 bridgehead atoms. The lowest BCUT2D eigenvalue weighted by Crippen LogP contribution is -2.38. The minimum atomic E-state index is -0.433. The number of benzene rings is 1. The summed E-state index contributed by atoms with van der Waals surface area (Å²) in [5, 5.41) is 22.8. The number of pyridine rings is 1. The lowest BCUT2D eigenvalue weighted by molar-refractivity contribution is -0.607. The number of hydrogen-bond donors (Lipinski definition) is 0. The minimum Gasteiger partial charge on any atom is -0.618 e. The van der Waals surface area contributed by atoms with E-state index in [0.717, 1.165) is 12.0 Å². The number of non-ortho nitro benzene ring substituents is 1. The van der Waals surface area contributed by atoms with E-state index in [2.05, 4.69) is 12.2 Å². The number of nitro groups is 1. The molecule has 25 heavy (non-hydrogen) atoms. The summed E-state index contributed by atoms with van der Waals surface area (Å²) in [5.74, 6) is -0.180. The van der Waals surface area contributed by atoms with Gasteiger partial charge < -0.3 is 5.21 Å². The molecule has 1 saturated carbocycles. The van der Waals surface area contributed by atoms with Gasteiger partial charge in [0.05, 0.1) is 4.92 Å². The smallest absolute Gasteiger partial charge is 0.269 e. The van der Waals surface area contributed by atoms with Crippen molar-refractivity contribution in [1.29, 1.82) is 0 Å². The van der Waals surface area contributed by atoms with Crippen LogP contribution in [0.25, 0.3) is 0 Å². The van der Waals surface area contributed by atoms with Gasteiger partial charge in [-0.2, -0.15) is 4.73 Å². The Morgan fingerprint density at radius 3 is 2.48 bits per heavy atom. The van der Waals surface area contributed by atoms with Crippen molar-refractivity contribution >= 4 is 11.5 Å². The Balaban J connectivity index is 1.71. The SMILES string of the molecule is O=C(c1cccc[n+]1[O-])[C@H]1[C@H](c2ccc([N+](=O)[O-])cc2)[C@@H]2C=C[C@H]1C2. The van der Waals surface area contributed by atoms with Gasteiger partial charge in [0.2, 0.25) is 5.78 Å². The van der Waals surface area contributed by atoms with Crippen molar-refractivity contribution in [2.45, 2.75) is 12.3 Å². The average molecular weight is 336 g/mol. The largest absolute Gasteiger partial charge is 0.618 e. The van der Waals surface area contributed by atoms with Crippen molar-refractivity contribution < 1.29 is 14.4 Å². The van der Waals surface area contributed by atoms with Crippen LogP contribution >= 0.6 is 0 Å². The standard InChI is InChI=1S/C19H16N2O4/c22-19(16-3-1-2-10-20(16)23)18-14-5-4-13(11-14)17(18)12-6-8-15(9-7-12)21(24)25/h1-10,13-14,17-18H,11H2/t13-,14+,17-,18-/m1/s1. The lowest BCUT2D eigenvalue weighted by Gasteiger charge is -2.26. The predicted octanol–water partition coefficient (Wildman–Crippen LogP) is 3.02. The summed E-state index contributed by atoms with van der Waals surface area (Å²) < 4.78 is 0.616. The molecule has 0 amide bonds. The molecule has 126 valence electrons. The van der Waals surface area contributed by atoms with Crippen LogP contribution in [0.15, 0.2) is 60.8 Å². The van der Waals surface area contributed by atoms with Gasteiger partial charge in [-0.25, -0.2) is 0 Å². The summed E-state index contributed by atoms with van der Waals surface area (Å²) in [7, 11) is 0. The molecule has 1 heterocycles. The Morgan fingerprint density at radius 1 is 1.08 bits per heavy atom. The quantitative estimate of drug-likeness (QED) is 0.214. The number of nitro benzene ring substituents is 1. The Labute approximate surface area is 144 Å². The van der Waals surface area contributed by atoms with E-state index in [4.69, 9.17) is 0 Å². The van der Waals surface area contributed by atoms with Gasteiger partial charge in [0, 0.05) is 36.1 Å². The van der Waals surface area contributed by atoms with E-state index >= 15 is 0 Å². The number of Topliss-reactive ketones (excluding diaryl/α,β-unsaturated/α-hetero) is 1. The van der Waals surface area contributed by atoms with Gasteiger partial charge in [0.15, 0.2) is 6.20 Å². The number of carbonyl (C=O) groups is 1. The highest BCUT2D eigenvalue weighted by Gasteiger charge is 2.50. The molecule has 6 nitrogen and oxygen atoms in total. The summed E-state index contributed by atoms with van der Waals surface area (Å²) in [6, 6.07) is 11.2. The van der Waals surface area contributed by atoms with Crippen LogP contribution in [0, 0.1) is 33.1 Å². The maximum atomic E-state index is 13.1. The van der Waals surface area contributed by atoms with Crippen molar-refractivity contribution in [3.63, 3.8) is 0 Å². The van der Waals surface area contributed by atoms with E-state index in [-0.39, 0.29) is 40.8 Å². The maximum Gasteiger partial charge on any atom is 0.269 e. The second-order valence-corrected chi connectivity index (χ2v) is 6.62. The number of rotatable bonds is 4. The minimum absolute atomic E-state index is 0.0331. The van der Waals surface area contributed by atoms with E-state index in [9.17, 15) is 20.1 Å². The zero-order chi connectivity index (χ0) is 17.6. The third-order valence-electron chi connectivity index (χ3n) is 5.33. The zero-order valence-corrected chi connectivity index (χ0v) is 13.3. The fourth-order valence-electron chi connectivity index (χ4n) is 4.24. The number of carbonyl (C=O) groups excluding carboxylic acids is 1. The van der Waals surface area contributed by atoms with Crippen LogP contribution in [0.5, 0.6) is 0 Å². The summed E-state index contributed by atoms with van der Waals surface area (Å²) in [4.78, 5) is 23.5. The third-order valence-corrected chi connectivity index (χ3v) is 5.33. The molecule has 1 aromatic carbocycles. The van der Waals surface area contributed by atoms with Crippen molar-refractivity contribution in [2.75, 3.05) is 0 Å². The van der Waals surface area contributed by atoms with E-state index in [1.165, 1.54) is 18.3 Å². The first-order valence-electron chi connectivity index (χ1n) is 8.21. The maximum absolute atomic E-state index is 13.1. The number of aromatic nitrogens is 1. The Kier molecular flexibility index (Phi) is 3.60. The van der Waals surface area contributed by atoms with Gasteiger partial charge in [0.1, 0.15) is 0 Å². The average Bonchev–Trinajstić information content (AvgIpc) is 3.23. The Bertz CT molecular complexity index is 875. The number of fused-ring (bicyclic) bond motifs is 2. The van der Waals surface area contributed by atoms with E-state index in [0.29, 0.717) is 4.73 Å². The molecule has 2 aliphatic carbocycles. The number of allylic oxidation sites excluding steroid dienone is 2. The molecule has 2 aromatic rings. The summed E-state index contributed by atoms with van der Waals surface area (Å²) in [6.07, 6.45) is 6.39. The Morgan fingerprint density at radius 2 is 1.80 bits per heavy atom. The second-order valence-electron chi connectivity index (χ2n) is 6.62. The van der Waals surface area contributed by atoms with Gasteiger partial charge in [0.25, 0.3) is 11.4 Å². The summed E-state index contributed by atoms with van der Waals surface area (Å²) >= 11 is 0. The first-order valence-corrected chi connectivity index (χ1v) is 8.21. The van der Waals surface area contributed by atoms with Crippen molar-refractivity contribution in [3.8, 4) is 0 Å². The van der Waals surface area contributed by atoms with Crippen LogP contribution in [0.4, 0.5) is 5.69 Å². The fourth-order valence-corrected chi connectivity index (χ4v) is 4.24. The predicted molar refractivity (Wildman–Crippen MR) is 89.8 cm³/mol. The van der Waals surface area contributed by atoms with Crippen LogP contribution in [-0.4, -0.2) is 10.7 Å². The van der Waals surface area contributed by atoms with Crippen LogP contribution in [0.2, 0.25) is 0 Å². The van der Waals surface area contributed by atoms with Gasteiger partial charge in [-0.05, 0) is 29.9 Å². The van der Waals surface area contributed by atoms with Crippen molar-refractivity contribution in [2.24, 2.45) is 17.8 Å². The van der Waals surface area contributed by atoms with Gasteiger partial charge in [-0.15, -0.1) is 0 Å².